The Bertz CT molecular complexity index is 153. The van der Waals surface area contributed by atoms with Crippen molar-refractivity contribution >= 4 is 0 Å². The number of hydrogen-bond donors (Lipinski definition) is 2. The van der Waals surface area contributed by atoms with Gasteiger partial charge in [0.05, 0.1) is 19.8 Å². The highest BCUT2D eigenvalue weighted by Gasteiger charge is 2.16. The highest BCUT2D eigenvalue weighted by Crippen LogP contribution is 2.01. The third-order valence-corrected chi connectivity index (χ3v) is 2.10. The molecule has 0 aromatic rings. The molecule has 0 bridgehead atoms. The molecule has 0 aromatic carbocycles. The maximum Gasteiger partial charge on any atom is 0.200 e. The second kappa shape index (κ2) is 7.98. The molecule has 0 amide bonds. The number of rotatable bonds is 7. The number of piperazine rings is 1. The smallest absolute Gasteiger partial charge is 0.200 e. The summed E-state index contributed by atoms with van der Waals surface area (Å²) in [7, 11) is 1.58. The van der Waals surface area contributed by atoms with Crippen LogP contribution in [0.5, 0.6) is 0 Å². The van der Waals surface area contributed by atoms with Crippen LogP contribution in [0.25, 0.3) is 0 Å². The van der Waals surface area contributed by atoms with Crippen molar-refractivity contribution in [2.45, 2.75) is 6.29 Å². The normalized spacial score (nSPS) is 20.4. The SMILES string of the molecule is COC(COCCO)ON1CCNCC1. The summed E-state index contributed by atoms with van der Waals surface area (Å²) in [5.41, 5.74) is 0. The first-order chi connectivity index (χ1) is 7.36. The van der Waals surface area contributed by atoms with Gasteiger partial charge in [0.25, 0.3) is 0 Å². The zero-order chi connectivity index (χ0) is 10.9. The van der Waals surface area contributed by atoms with Gasteiger partial charge in [-0.25, -0.2) is 0 Å². The van der Waals surface area contributed by atoms with E-state index >= 15 is 0 Å². The quantitative estimate of drug-likeness (QED) is 0.415. The second-order valence-corrected chi connectivity index (χ2v) is 3.25. The molecular formula is C9H20N2O4. The summed E-state index contributed by atoms with van der Waals surface area (Å²) >= 11 is 0. The van der Waals surface area contributed by atoms with E-state index in [1.807, 2.05) is 5.06 Å². The summed E-state index contributed by atoms with van der Waals surface area (Å²) in [5.74, 6) is 0. The Morgan fingerprint density at radius 2 is 2.13 bits per heavy atom. The van der Waals surface area contributed by atoms with Gasteiger partial charge in [0, 0.05) is 33.3 Å². The van der Waals surface area contributed by atoms with E-state index in [1.165, 1.54) is 0 Å². The van der Waals surface area contributed by atoms with Crippen LogP contribution in [-0.2, 0) is 14.3 Å². The number of aliphatic hydroxyl groups excluding tert-OH is 1. The number of aliphatic hydroxyl groups is 1. The zero-order valence-corrected chi connectivity index (χ0v) is 9.15. The lowest BCUT2D eigenvalue weighted by molar-refractivity contribution is -0.288. The minimum atomic E-state index is -0.394. The molecule has 6 nitrogen and oxygen atoms in total. The summed E-state index contributed by atoms with van der Waals surface area (Å²) < 4.78 is 10.2. The van der Waals surface area contributed by atoms with Crippen LogP contribution >= 0.6 is 0 Å². The molecule has 15 heavy (non-hydrogen) atoms. The number of nitrogens with one attached hydrogen (secondary N) is 1. The van der Waals surface area contributed by atoms with E-state index in [-0.39, 0.29) is 6.61 Å². The van der Waals surface area contributed by atoms with Gasteiger partial charge in [-0.05, 0) is 0 Å². The molecule has 0 aliphatic carbocycles. The maximum absolute atomic E-state index is 8.55. The van der Waals surface area contributed by atoms with Crippen molar-refractivity contribution in [3.05, 3.63) is 0 Å². The minimum Gasteiger partial charge on any atom is -0.394 e. The van der Waals surface area contributed by atoms with Crippen molar-refractivity contribution < 1.29 is 19.4 Å². The van der Waals surface area contributed by atoms with Gasteiger partial charge >= 0.3 is 0 Å². The molecule has 6 heteroatoms. The third kappa shape index (κ3) is 5.41. The highest BCUT2D eigenvalue weighted by molar-refractivity contribution is 4.60. The van der Waals surface area contributed by atoms with Crippen molar-refractivity contribution in [3.63, 3.8) is 0 Å². The Labute approximate surface area is 90.1 Å². The summed E-state index contributed by atoms with van der Waals surface area (Å²) in [5, 5.41) is 13.6. The molecule has 0 saturated carbocycles. The van der Waals surface area contributed by atoms with Crippen LogP contribution in [0.2, 0.25) is 0 Å². The van der Waals surface area contributed by atoms with Gasteiger partial charge in [0.15, 0.2) is 0 Å². The fraction of sp³-hybridized carbons (Fsp3) is 1.00. The lowest BCUT2D eigenvalue weighted by Gasteiger charge is -2.29. The number of hydrogen-bond acceptors (Lipinski definition) is 6. The van der Waals surface area contributed by atoms with Crippen LogP contribution < -0.4 is 5.32 Å². The van der Waals surface area contributed by atoms with Crippen molar-refractivity contribution in [1.82, 2.24) is 10.4 Å². The van der Waals surface area contributed by atoms with Crippen molar-refractivity contribution in [2.24, 2.45) is 0 Å². The van der Waals surface area contributed by atoms with Crippen LogP contribution in [0.15, 0.2) is 0 Å². The summed E-state index contributed by atoms with van der Waals surface area (Å²) in [6.45, 7) is 4.21. The molecule has 1 unspecified atom stereocenters. The molecule has 0 spiro atoms. The van der Waals surface area contributed by atoms with Crippen LogP contribution in [0.4, 0.5) is 0 Å². The predicted octanol–water partition coefficient (Wildman–Crippen LogP) is -1.20. The van der Waals surface area contributed by atoms with Crippen molar-refractivity contribution in [1.29, 1.82) is 0 Å². The van der Waals surface area contributed by atoms with E-state index in [0.29, 0.717) is 13.2 Å². The van der Waals surface area contributed by atoms with Crippen LogP contribution in [0.3, 0.4) is 0 Å². The third-order valence-electron chi connectivity index (χ3n) is 2.10. The average Bonchev–Trinajstić information content (AvgIpc) is 2.29. The van der Waals surface area contributed by atoms with Gasteiger partial charge in [-0.3, -0.25) is 4.84 Å². The molecule has 1 atom stereocenters. The van der Waals surface area contributed by atoms with Gasteiger partial charge < -0.3 is 19.9 Å². The lowest BCUT2D eigenvalue weighted by Crippen LogP contribution is -2.46. The molecule has 1 aliphatic heterocycles. The van der Waals surface area contributed by atoms with E-state index in [1.54, 1.807) is 7.11 Å². The van der Waals surface area contributed by atoms with Crippen molar-refractivity contribution in [2.75, 3.05) is 53.1 Å². The Balaban J connectivity index is 2.13. The summed E-state index contributed by atoms with van der Waals surface area (Å²) in [6, 6.07) is 0. The number of hydroxylamine groups is 2. The zero-order valence-electron chi connectivity index (χ0n) is 9.15. The highest BCUT2D eigenvalue weighted by atomic mass is 16.8. The molecule has 1 heterocycles. The first kappa shape index (κ1) is 12.8. The first-order valence-electron chi connectivity index (χ1n) is 5.20. The number of nitrogens with zero attached hydrogens (tertiary/aromatic N) is 1. The topological polar surface area (TPSA) is 63.2 Å². The molecule has 1 fully saturated rings. The molecule has 1 saturated heterocycles. The second-order valence-electron chi connectivity index (χ2n) is 3.25. The maximum atomic E-state index is 8.55. The predicted molar refractivity (Wildman–Crippen MR) is 54.2 cm³/mol. The number of ether oxygens (including phenoxy) is 2. The van der Waals surface area contributed by atoms with Gasteiger partial charge in [-0.2, -0.15) is 5.06 Å². The van der Waals surface area contributed by atoms with E-state index in [0.717, 1.165) is 26.2 Å². The van der Waals surface area contributed by atoms with Crippen LogP contribution in [-0.4, -0.2) is 69.6 Å². The Morgan fingerprint density at radius 1 is 1.40 bits per heavy atom. The Kier molecular flexibility index (Phi) is 6.82. The van der Waals surface area contributed by atoms with Gasteiger partial charge in [-0.15, -0.1) is 0 Å². The van der Waals surface area contributed by atoms with E-state index in [2.05, 4.69) is 5.32 Å². The molecule has 0 aromatic heterocycles. The molecule has 90 valence electrons. The van der Waals surface area contributed by atoms with Gasteiger partial charge in [0.1, 0.15) is 0 Å². The van der Waals surface area contributed by atoms with Crippen LogP contribution in [0.1, 0.15) is 0 Å². The molecule has 2 N–H and O–H groups in total. The molecular weight excluding hydrogens is 200 g/mol. The van der Waals surface area contributed by atoms with Gasteiger partial charge in [0.2, 0.25) is 6.29 Å². The first-order valence-corrected chi connectivity index (χ1v) is 5.20. The van der Waals surface area contributed by atoms with E-state index in [9.17, 15) is 0 Å². The van der Waals surface area contributed by atoms with E-state index < -0.39 is 6.29 Å². The Morgan fingerprint density at radius 3 is 2.73 bits per heavy atom. The number of methoxy groups -OCH3 is 1. The van der Waals surface area contributed by atoms with Crippen molar-refractivity contribution in [3.8, 4) is 0 Å². The Hall–Kier alpha value is -0.240. The monoisotopic (exact) mass is 220 g/mol. The summed E-state index contributed by atoms with van der Waals surface area (Å²) in [4.78, 5) is 5.55. The summed E-state index contributed by atoms with van der Waals surface area (Å²) in [6.07, 6.45) is -0.394. The van der Waals surface area contributed by atoms with Gasteiger partial charge in [-0.1, -0.05) is 0 Å². The largest absolute Gasteiger partial charge is 0.394 e. The molecule has 1 rings (SSSR count). The van der Waals surface area contributed by atoms with E-state index in [4.69, 9.17) is 19.4 Å². The fourth-order valence-corrected chi connectivity index (χ4v) is 1.30. The lowest BCUT2D eigenvalue weighted by atomic mass is 10.4. The fourth-order valence-electron chi connectivity index (χ4n) is 1.30. The van der Waals surface area contributed by atoms with Crippen LogP contribution in [0, 0.1) is 0 Å². The molecule has 1 aliphatic rings. The minimum absolute atomic E-state index is 0.0179. The average molecular weight is 220 g/mol. The standard InChI is InChI=1S/C9H20N2O4/c1-13-9(8-14-7-6-12)15-11-4-2-10-3-5-11/h9-10,12H,2-8H2,1H3. The molecule has 0 radical (unpaired) electrons.